The number of carbonyl (C=O) groups excluding carboxylic acids is 1. The van der Waals surface area contributed by atoms with E-state index in [4.69, 9.17) is 9.72 Å². The number of amides is 1. The van der Waals surface area contributed by atoms with Crippen LogP contribution in [0.25, 0.3) is 34.1 Å². The molecule has 0 aliphatic carbocycles. The molecule has 1 aromatic carbocycles. The van der Waals surface area contributed by atoms with Gasteiger partial charge in [-0.15, -0.1) is 0 Å². The lowest BCUT2D eigenvalue weighted by Crippen LogP contribution is -2.55. The quantitative estimate of drug-likeness (QED) is 0.259. The number of anilines is 1. The molecule has 0 spiro atoms. The lowest BCUT2D eigenvalue weighted by atomic mass is 10.0. The Morgan fingerprint density at radius 1 is 1.16 bits per heavy atom. The van der Waals surface area contributed by atoms with Crippen LogP contribution in [-0.2, 0) is 4.74 Å². The first-order chi connectivity index (χ1) is 20.8. The van der Waals surface area contributed by atoms with Gasteiger partial charge in [-0.2, -0.15) is 4.98 Å². The number of ether oxygens (including phenoxy) is 1. The Bertz CT molecular complexity index is 1810. The number of halogens is 1. The van der Waals surface area contributed by atoms with E-state index in [-0.39, 0.29) is 23.3 Å². The van der Waals surface area contributed by atoms with E-state index in [0.29, 0.717) is 53.3 Å². The fourth-order valence-corrected chi connectivity index (χ4v) is 5.66. The molecule has 1 atom stereocenters. The van der Waals surface area contributed by atoms with Crippen molar-refractivity contribution in [2.24, 2.45) is 0 Å². The van der Waals surface area contributed by atoms with Crippen LogP contribution in [0.2, 0.25) is 0 Å². The second-order valence-electron chi connectivity index (χ2n) is 12.5. The summed E-state index contributed by atoms with van der Waals surface area (Å²) in [5.74, 6) is -0.235. The summed E-state index contributed by atoms with van der Waals surface area (Å²) in [7, 11) is 0. The van der Waals surface area contributed by atoms with Crippen molar-refractivity contribution in [3.05, 3.63) is 82.3 Å². The molecule has 9 nitrogen and oxygen atoms in total. The fourth-order valence-electron chi connectivity index (χ4n) is 5.66. The van der Waals surface area contributed by atoms with Crippen LogP contribution in [0.5, 0.6) is 0 Å². The van der Waals surface area contributed by atoms with Crippen LogP contribution in [0.1, 0.15) is 64.3 Å². The van der Waals surface area contributed by atoms with Crippen LogP contribution in [0.4, 0.5) is 15.0 Å². The molecule has 0 bridgehead atoms. The molecule has 10 heteroatoms. The first-order valence-corrected chi connectivity index (χ1v) is 14.9. The number of carbonyl (C=O) groups is 1. The standard InChI is InChI=1S/C34H39FN6O3/c1-9-23-12-10-11-13-24(23)28-26(35)18-25-30(40-17-16-39(19-22(40)5)33(43)44-34(6,7)8)38-32(42)41(31(25)37-28)29-21(4)14-15-36-27(29)20(2)3/h9-15,18,20,22H,1,16-17,19H2,2-8H3/t22-/m0/s1. The predicted molar refractivity (Wildman–Crippen MR) is 172 cm³/mol. The van der Waals surface area contributed by atoms with E-state index in [1.807, 2.05) is 77.6 Å². The van der Waals surface area contributed by atoms with Crippen molar-refractivity contribution in [3.8, 4) is 16.9 Å². The van der Waals surface area contributed by atoms with Gasteiger partial charge in [-0.3, -0.25) is 4.98 Å². The van der Waals surface area contributed by atoms with Crippen molar-refractivity contribution >= 4 is 29.0 Å². The predicted octanol–water partition coefficient (Wildman–Crippen LogP) is 6.50. The highest BCUT2D eigenvalue weighted by atomic mass is 19.1. The van der Waals surface area contributed by atoms with Crippen molar-refractivity contribution < 1.29 is 13.9 Å². The monoisotopic (exact) mass is 598 g/mol. The van der Waals surface area contributed by atoms with E-state index in [0.717, 1.165) is 5.56 Å². The Labute approximate surface area is 257 Å². The number of benzene rings is 1. The van der Waals surface area contributed by atoms with Gasteiger partial charge in [0.2, 0.25) is 0 Å². The van der Waals surface area contributed by atoms with Crippen LogP contribution < -0.4 is 10.6 Å². The Hall–Kier alpha value is -4.60. The summed E-state index contributed by atoms with van der Waals surface area (Å²) < 4.78 is 23.1. The van der Waals surface area contributed by atoms with E-state index in [9.17, 15) is 9.59 Å². The maximum absolute atomic E-state index is 16.1. The summed E-state index contributed by atoms with van der Waals surface area (Å²) in [5, 5.41) is 0.387. The molecule has 44 heavy (non-hydrogen) atoms. The number of rotatable bonds is 5. The van der Waals surface area contributed by atoms with E-state index in [1.54, 1.807) is 23.2 Å². The molecule has 0 unspecified atom stereocenters. The molecule has 1 aliphatic heterocycles. The van der Waals surface area contributed by atoms with E-state index >= 15 is 4.39 Å². The lowest BCUT2D eigenvalue weighted by Gasteiger charge is -2.41. The first kappa shape index (κ1) is 30.8. The van der Waals surface area contributed by atoms with Crippen LogP contribution in [-0.4, -0.2) is 61.8 Å². The molecule has 0 radical (unpaired) electrons. The van der Waals surface area contributed by atoms with Crippen molar-refractivity contribution in [2.75, 3.05) is 24.5 Å². The topological polar surface area (TPSA) is 93.5 Å². The summed E-state index contributed by atoms with van der Waals surface area (Å²) in [4.78, 5) is 44.5. The number of pyridine rings is 2. The summed E-state index contributed by atoms with van der Waals surface area (Å²) >= 11 is 0. The van der Waals surface area contributed by atoms with Gasteiger partial charge in [-0.25, -0.2) is 23.5 Å². The Kier molecular flexibility index (Phi) is 8.29. The van der Waals surface area contributed by atoms with E-state index in [1.165, 1.54) is 10.6 Å². The summed E-state index contributed by atoms with van der Waals surface area (Å²) in [6.07, 6.45) is 2.97. The van der Waals surface area contributed by atoms with Gasteiger partial charge in [-0.05, 0) is 63.8 Å². The molecule has 5 rings (SSSR count). The minimum absolute atomic E-state index is 0.00566. The highest BCUT2D eigenvalue weighted by Crippen LogP contribution is 2.34. The molecular formula is C34H39FN6O3. The zero-order valence-electron chi connectivity index (χ0n) is 26.4. The molecule has 1 fully saturated rings. The maximum atomic E-state index is 16.1. The van der Waals surface area contributed by atoms with Crippen LogP contribution in [0.15, 0.2) is 54.0 Å². The van der Waals surface area contributed by atoms with Gasteiger partial charge in [0.05, 0.1) is 16.8 Å². The molecule has 3 aromatic heterocycles. The third-order valence-corrected chi connectivity index (χ3v) is 7.71. The van der Waals surface area contributed by atoms with E-state index in [2.05, 4.69) is 16.5 Å². The van der Waals surface area contributed by atoms with E-state index < -0.39 is 23.2 Å². The van der Waals surface area contributed by atoms with Gasteiger partial charge in [0.1, 0.15) is 22.9 Å². The van der Waals surface area contributed by atoms with Crippen LogP contribution in [0, 0.1) is 12.7 Å². The molecule has 0 N–H and O–H groups in total. The number of hydrogen-bond donors (Lipinski definition) is 0. The largest absolute Gasteiger partial charge is 0.444 e. The van der Waals surface area contributed by atoms with Crippen molar-refractivity contribution in [1.82, 2.24) is 24.4 Å². The minimum Gasteiger partial charge on any atom is -0.444 e. The average Bonchev–Trinajstić information content (AvgIpc) is 2.96. The SMILES string of the molecule is C=Cc1ccccc1-c1nc2c(cc1F)c(N1CCN(C(=O)OC(C)(C)C)C[C@@H]1C)nc(=O)n2-c1c(C)ccnc1C(C)C. The lowest BCUT2D eigenvalue weighted by molar-refractivity contribution is 0.0218. The zero-order valence-corrected chi connectivity index (χ0v) is 26.4. The Balaban J connectivity index is 1.74. The molecule has 0 saturated carbocycles. The minimum atomic E-state index is -0.621. The van der Waals surface area contributed by atoms with Crippen LogP contribution >= 0.6 is 0 Å². The van der Waals surface area contributed by atoms with Gasteiger partial charge in [0, 0.05) is 37.4 Å². The van der Waals surface area contributed by atoms with Crippen molar-refractivity contribution in [2.45, 2.75) is 66.0 Å². The van der Waals surface area contributed by atoms with Crippen molar-refractivity contribution in [3.63, 3.8) is 0 Å². The number of hydrogen-bond acceptors (Lipinski definition) is 7. The summed E-state index contributed by atoms with van der Waals surface area (Å²) in [6, 6.07) is 10.3. The third-order valence-electron chi connectivity index (χ3n) is 7.71. The van der Waals surface area contributed by atoms with Gasteiger partial charge >= 0.3 is 11.8 Å². The Morgan fingerprint density at radius 3 is 2.55 bits per heavy atom. The highest BCUT2D eigenvalue weighted by Gasteiger charge is 2.33. The van der Waals surface area contributed by atoms with Gasteiger partial charge < -0.3 is 14.5 Å². The molecule has 4 aromatic rings. The molecule has 1 saturated heterocycles. The number of nitrogens with zero attached hydrogens (tertiary/aromatic N) is 6. The second-order valence-corrected chi connectivity index (χ2v) is 12.5. The number of aryl methyl sites for hydroxylation is 1. The van der Waals surface area contributed by atoms with Crippen molar-refractivity contribution in [1.29, 1.82) is 0 Å². The smallest absolute Gasteiger partial charge is 0.410 e. The molecular weight excluding hydrogens is 559 g/mol. The third kappa shape index (κ3) is 5.80. The number of aromatic nitrogens is 4. The Morgan fingerprint density at radius 2 is 1.89 bits per heavy atom. The second kappa shape index (κ2) is 11.8. The van der Waals surface area contributed by atoms with Gasteiger partial charge in [-0.1, -0.05) is 50.8 Å². The highest BCUT2D eigenvalue weighted by molar-refractivity contribution is 5.91. The summed E-state index contributed by atoms with van der Waals surface area (Å²) in [6.45, 7) is 18.3. The fraction of sp³-hybridized carbons (Fsp3) is 0.382. The maximum Gasteiger partial charge on any atom is 0.410 e. The van der Waals surface area contributed by atoms with Gasteiger partial charge in [0.15, 0.2) is 5.65 Å². The average molecular weight is 599 g/mol. The molecule has 1 amide bonds. The molecule has 4 heterocycles. The summed E-state index contributed by atoms with van der Waals surface area (Å²) in [5.41, 5.74) is 2.60. The normalized spacial score (nSPS) is 15.6. The van der Waals surface area contributed by atoms with Crippen LogP contribution in [0.3, 0.4) is 0 Å². The number of fused-ring (bicyclic) bond motifs is 1. The molecule has 230 valence electrons. The van der Waals surface area contributed by atoms with Gasteiger partial charge in [0.25, 0.3) is 0 Å². The zero-order chi connectivity index (χ0) is 31.9. The number of piperazine rings is 1. The molecule has 1 aliphatic rings. The first-order valence-electron chi connectivity index (χ1n) is 14.9.